The highest BCUT2D eigenvalue weighted by Crippen LogP contribution is 2.25. The SMILES string of the molecule is CN(CCCCCNC1CC1)CC1CCCC1. The van der Waals surface area contributed by atoms with Crippen molar-refractivity contribution in [2.24, 2.45) is 5.92 Å². The van der Waals surface area contributed by atoms with Gasteiger partial charge in [0.1, 0.15) is 0 Å². The molecule has 100 valence electrons. The number of nitrogens with one attached hydrogen (secondary N) is 1. The molecule has 2 aliphatic rings. The maximum Gasteiger partial charge on any atom is 0.00682 e. The zero-order valence-corrected chi connectivity index (χ0v) is 11.6. The molecule has 0 unspecified atom stereocenters. The van der Waals surface area contributed by atoms with Crippen LogP contribution < -0.4 is 5.32 Å². The van der Waals surface area contributed by atoms with E-state index in [-0.39, 0.29) is 0 Å². The van der Waals surface area contributed by atoms with Gasteiger partial charge in [-0.05, 0) is 64.6 Å². The molecular weight excluding hydrogens is 208 g/mol. The standard InChI is InChI=1S/C15H30N2/c1-17(13-14-7-3-4-8-14)12-6-2-5-11-16-15-9-10-15/h14-16H,2-13H2,1H3. The van der Waals surface area contributed by atoms with Crippen LogP contribution in [-0.2, 0) is 0 Å². The Balaban J connectivity index is 1.38. The molecule has 0 aliphatic heterocycles. The highest BCUT2D eigenvalue weighted by Gasteiger charge is 2.19. The minimum Gasteiger partial charge on any atom is -0.314 e. The first-order chi connectivity index (χ1) is 8.34. The summed E-state index contributed by atoms with van der Waals surface area (Å²) in [7, 11) is 2.31. The molecule has 2 saturated carbocycles. The third kappa shape index (κ3) is 5.87. The van der Waals surface area contributed by atoms with Crippen LogP contribution in [0.1, 0.15) is 57.8 Å². The lowest BCUT2D eigenvalue weighted by molar-refractivity contribution is 0.272. The minimum atomic E-state index is 0.889. The van der Waals surface area contributed by atoms with E-state index in [1.54, 1.807) is 0 Å². The van der Waals surface area contributed by atoms with Crippen molar-refractivity contribution in [3.63, 3.8) is 0 Å². The predicted octanol–water partition coefficient (Wildman–Crippen LogP) is 3.03. The van der Waals surface area contributed by atoms with Crippen LogP contribution in [0.3, 0.4) is 0 Å². The van der Waals surface area contributed by atoms with Crippen LogP contribution in [0.2, 0.25) is 0 Å². The summed E-state index contributed by atoms with van der Waals surface area (Å²) in [6, 6.07) is 0.889. The van der Waals surface area contributed by atoms with Crippen molar-refractivity contribution >= 4 is 0 Å². The molecule has 2 aliphatic carbocycles. The quantitative estimate of drug-likeness (QED) is 0.621. The van der Waals surface area contributed by atoms with E-state index in [0.29, 0.717) is 0 Å². The van der Waals surface area contributed by atoms with Crippen LogP contribution in [0.5, 0.6) is 0 Å². The van der Waals surface area contributed by atoms with Crippen LogP contribution >= 0.6 is 0 Å². The summed E-state index contributed by atoms with van der Waals surface area (Å²) in [4.78, 5) is 2.56. The zero-order chi connectivity index (χ0) is 11.9. The predicted molar refractivity (Wildman–Crippen MR) is 74.3 cm³/mol. The van der Waals surface area contributed by atoms with E-state index in [1.165, 1.54) is 77.4 Å². The van der Waals surface area contributed by atoms with Crippen LogP contribution in [0.4, 0.5) is 0 Å². The molecule has 0 saturated heterocycles. The zero-order valence-electron chi connectivity index (χ0n) is 11.6. The van der Waals surface area contributed by atoms with Gasteiger partial charge in [-0.15, -0.1) is 0 Å². The van der Waals surface area contributed by atoms with Crippen molar-refractivity contribution in [2.75, 3.05) is 26.7 Å². The van der Waals surface area contributed by atoms with E-state index in [0.717, 1.165) is 12.0 Å². The fraction of sp³-hybridized carbons (Fsp3) is 1.00. The van der Waals surface area contributed by atoms with Crippen molar-refractivity contribution in [2.45, 2.75) is 63.8 Å². The molecule has 0 heterocycles. The van der Waals surface area contributed by atoms with Gasteiger partial charge in [-0.1, -0.05) is 19.3 Å². The maximum absolute atomic E-state index is 3.59. The van der Waals surface area contributed by atoms with Crippen LogP contribution in [0, 0.1) is 5.92 Å². The summed E-state index contributed by atoms with van der Waals surface area (Å²) in [6.07, 6.45) is 12.9. The lowest BCUT2D eigenvalue weighted by atomic mass is 10.1. The van der Waals surface area contributed by atoms with Crippen molar-refractivity contribution in [3.8, 4) is 0 Å². The first-order valence-corrected chi connectivity index (χ1v) is 7.76. The fourth-order valence-electron chi connectivity index (χ4n) is 3.00. The van der Waals surface area contributed by atoms with Crippen molar-refractivity contribution in [3.05, 3.63) is 0 Å². The monoisotopic (exact) mass is 238 g/mol. The summed E-state index contributed by atoms with van der Waals surface area (Å²) in [5.74, 6) is 1.01. The topological polar surface area (TPSA) is 15.3 Å². The number of hydrogen-bond donors (Lipinski definition) is 1. The molecule has 2 fully saturated rings. The Bertz CT molecular complexity index is 195. The molecule has 0 aromatic heterocycles. The molecule has 2 heteroatoms. The molecular formula is C15H30N2. The van der Waals surface area contributed by atoms with Crippen LogP contribution in [0.15, 0.2) is 0 Å². The Morgan fingerprint density at radius 1 is 1.00 bits per heavy atom. The molecule has 0 bridgehead atoms. The van der Waals surface area contributed by atoms with E-state index in [2.05, 4.69) is 17.3 Å². The molecule has 0 aromatic rings. The molecule has 1 N–H and O–H groups in total. The Morgan fingerprint density at radius 2 is 1.76 bits per heavy atom. The lowest BCUT2D eigenvalue weighted by Gasteiger charge is -2.20. The van der Waals surface area contributed by atoms with Crippen molar-refractivity contribution < 1.29 is 0 Å². The van der Waals surface area contributed by atoms with Gasteiger partial charge in [0.05, 0.1) is 0 Å². The van der Waals surface area contributed by atoms with Gasteiger partial charge in [-0.3, -0.25) is 0 Å². The molecule has 2 rings (SSSR count). The number of unbranched alkanes of at least 4 members (excludes halogenated alkanes) is 2. The van der Waals surface area contributed by atoms with Crippen LogP contribution in [-0.4, -0.2) is 37.6 Å². The Labute approximate surface area is 107 Å². The first-order valence-electron chi connectivity index (χ1n) is 7.76. The van der Waals surface area contributed by atoms with Crippen molar-refractivity contribution in [1.82, 2.24) is 10.2 Å². The van der Waals surface area contributed by atoms with Gasteiger partial charge in [0.15, 0.2) is 0 Å². The molecule has 0 spiro atoms. The van der Waals surface area contributed by atoms with Gasteiger partial charge in [0, 0.05) is 12.6 Å². The van der Waals surface area contributed by atoms with Crippen molar-refractivity contribution in [1.29, 1.82) is 0 Å². The lowest BCUT2D eigenvalue weighted by Crippen LogP contribution is -2.25. The summed E-state index contributed by atoms with van der Waals surface area (Å²) < 4.78 is 0. The third-order valence-electron chi connectivity index (χ3n) is 4.27. The molecule has 0 amide bonds. The molecule has 0 atom stereocenters. The highest BCUT2D eigenvalue weighted by atomic mass is 15.1. The summed E-state index contributed by atoms with van der Waals surface area (Å²) in [5.41, 5.74) is 0. The minimum absolute atomic E-state index is 0.889. The molecule has 0 radical (unpaired) electrons. The van der Waals surface area contributed by atoms with Gasteiger partial charge in [0.25, 0.3) is 0 Å². The number of rotatable bonds is 9. The largest absolute Gasteiger partial charge is 0.314 e. The summed E-state index contributed by atoms with van der Waals surface area (Å²) in [6.45, 7) is 3.90. The van der Waals surface area contributed by atoms with E-state index >= 15 is 0 Å². The Kier molecular flexibility index (Phi) is 5.79. The Morgan fingerprint density at radius 3 is 2.47 bits per heavy atom. The number of hydrogen-bond acceptors (Lipinski definition) is 2. The normalized spacial score (nSPS) is 21.5. The van der Waals surface area contributed by atoms with E-state index in [9.17, 15) is 0 Å². The van der Waals surface area contributed by atoms with E-state index < -0.39 is 0 Å². The summed E-state index contributed by atoms with van der Waals surface area (Å²) in [5, 5.41) is 3.59. The second-order valence-electron chi connectivity index (χ2n) is 6.20. The van der Waals surface area contributed by atoms with Gasteiger partial charge in [0.2, 0.25) is 0 Å². The summed E-state index contributed by atoms with van der Waals surface area (Å²) >= 11 is 0. The van der Waals surface area contributed by atoms with E-state index in [1.807, 2.05) is 0 Å². The second kappa shape index (κ2) is 7.38. The average Bonchev–Trinajstić information content (AvgIpc) is 3.00. The van der Waals surface area contributed by atoms with Gasteiger partial charge >= 0.3 is 0 Å². The van der Waals surface area contributed by atoms with Gasteiger partial charge < -0.3 is 10.2 Å². The second-order valence-corrected chi connectivity index (χ2v) is 6.20. The third-order valence-corrected chi connectivity index (χ3v) is 4.27. The van der Waals surface area contributed by atoms with E-state index in [4.69, 9.17) is 0 Å². The number of nitrogens with zero attached hydrogens (tertiary/aromatic N) is 1. The average molecular weight is 238 g/mol. The highest BCUT2D eigenvalue weighted by molar-refractivity contribution is 4.80. The first kappa shape index (κ1) is 13.4. The molecule has 2 nitrogen and oxygen atoms in total. The molecule has 0 aromatic carbocycles. The van der Waals surface area contributed by atoms with Gasteiger partial charge in [-0.2, -0.15) is 0 Å². The smallest absolute Gasteiger partial charge is 0.00682 e. The maximum atomic E-state index is 3.59. The van der Waals surface area contributed by atoms with Gasteiger partial charge in [-0.25, -0.2) is 0 Å². The van der Waals surface area contributed by atoms with Crippen LogP contribution in [0.25, 0.3) is 0 Å². The molecule has 17 heavy (non-hydrogen) atoms. The fourth-order valence-corrected chi connectivity index (χ4v) is 3.00. The Hall–Kier alpha value is -0.0800.